The maximum absolute atomic E-state index is 5.41. The maximum atomic E-state index is 5.41. The number of guanidine groups is 1. The van der Waals surface area contributed by atoms with Gasteiger partial charge in [-0.1, -0.05) is 12.8 Å². The summed E-state index contributed by atoms with van der Waals surface area (Å²) in [5.41, 5.74) is 2.62. The van der Waals surface area contributed by atoms with E-state index in [1.54, 1.807) is 0 Å². The molecule has 0 bridgehead atoms. The van der Waals surface area contributed by atoms with Crippen molar-refractivity contribution in [2.75, 3.05) is 27.2 Å². The minimum atomic E-state index is 0.555. The first kappa shape index (κ1) is 12.3. The van der Waals surface area contributed by atoms with Crippen molar-refractivity contribution in [3.05, 3.63) is 0 Å². The quantitative estimate of drug-likeness (QED) is 0.264. The van der Waals surface area contributed by atoms with Gasteiger partial charge in [-0.15, -0.1) is 0 Å². The molecule has 1 rings (SSSR count). The lowest BCUT2D eigenvalue weighted by Crippen LogP contribution is -2.45. The van der Waals surface area contributed by atoms with Crippen LogP contribution < -0.4 is 16.6 Å². The fourth-order valence-electron chi connectivity index (χ4n) is 1.76. The van der Waals surface area contributed by atoms with E-state index < -0.39 is 0 Å². The Morgan fingerprint density at radius 2 is 2.07 bits per heavy atom. The molecule has 0 aromatic carbocycles. The van der Waals surface area contributed by atoms with Crippen LogP contribution in [-0.2, 0) is 0 Å². The van der Waals surface area contributed by atoms with Crippen LogP contribution in [0.3, 0.4) is 0 Å². The molecule has 0 aliphatic heterocycles. The minimum Gasteiger partial charge on any atom is -0.353 e. The second-order valence-electron chi connectivity index (χ2n) is 4.30. The molecule has 15 heavy (non-hydrogen) atoms. The van der Waals surface area contributed by atoms with Crippen LogP contribution in [0.25, 0.3) is 0 Å². The highest BCUT2D eigenvalue weighted by molar-refractivity contribution is 5.79. The van der Waals surface area contributed by atoms with Crippen LogP contribution in [0.4, 0.5) is 0 Å². The van der Waals surface area contributed by atoms with E-state index in [-0.39, 0.29) is 0 Å². The molecule has 0 radical (unpaired) electrons. The lowest BCUT2D eigenvalue weighted by atomic mass is 10.2. The van der Waals surface area contributed by atoms with Crippen molar-refractivity contribution in [2.45, 2.75) is 31.7 Å². The number of hydrogen-bond acceptors (Lipinski definition) is 3. The summed E-state index contributed by atoms with van der Waals surface area (Å²) in [7, 11) is 4.07. The third-order valence-electron chi connectivity index (χ3n) is 2.65. The molecule has 0 aromatic rings. The van der Waals surface area contributed by atoms with E-state index in [4.69, 9.17) is 5.84 Å². The van der Waals surface area contributed by atoms with E-state index in [0.717, 1.165) is 19.0 Å². The summed E-state index contributed by atoms with van der Waals surface area (Å²) in [6.07, 6.45) is 5.09. The molecule has 5 heteroatoms. The van der Waals surface area contributed by atoms with E-state index in [1.807, 2.05) is 14.1 Å². The molecular weight excluding hydrogens is 190 g/mol. The molecule has 1 aliphatic rings. The predicted molar refractivity (Wildman–Crippen MR) is 63.6 cm³/mol. The summed E-state index contributed by atoms with van der Waals surface area (Å²) in [5.74, 6) is 6.14. The summed E-state index contributed by atoms with van der Waals surface area (Å²) in [4.78, 5) is 6.48. The molecule has 1 aliphatic carbocycles. The zero-order chi connectivity index (χ0) is 11.1. The van der Waals surface area contributed by atoms with E-state index >= 15 is 0 Å². The van der Waals surface area contributed by atoms with Crippen LogP contribution in [0, 0.1) is 0 Å². The van der Waals surface area contributed by atoms with Gasteiger partial charge in [-0.25, -0.2) is 5.84 Å². The Hall–Kier alpha value is -0.810. The van der Waals surface area contributed by atoms with Crippen LogP contribution in [-0.4, -0.2) is 44.1 Å². The van der Waals surface area contributed by atoms with Crippen molar-refractivity contribution in [1.29, 1.82) is 0 Å². The monoisotopic (exact) mass is 213 g/mol. The third kappa shape index (κ3) is 4.99. The molecule has 0 heterocycles. The molecule has 0 atom stereocenters. The average Bonchev–Trinajstić information content (AvgIpc) is 2.68. The van der Waals surface area contributed by atoms with Gasteiger partial charge in [0.15, 0.2) is 0 Å². The van der Waals surface area contributed by atoms with Gasteiger partial charge < -0.3 is 10.2 Å². The highest BCUT2D eigenvalue weighted by Crippen LogP contribution is 2.17. The maximum Gasteiger partial charge on any atom is 0.205 e. The van der Waals surface area contributed by atoms with Crippen LogP contribution in [0.1, 0.15) is 25.7 Å². The first-order valence-corrected chi connectivity index (χ1v) is 5.64. The number of rotatable bonds is 4. The van der Waals surface area contributed by atoms with Crippen molar-refractivity contribution in [3.8, 4) is 0 Å². The van der Waals surface area contributed by atoms with Gasteiger partial charge in [0, 0.05) is 12.6 Å². The molecule has 0 amide bonds. The molecule has 0 aromatic heterocycles. The largest absolute Gasteiger partial charge is 0.353 e. The third-order valence-corrected chi connectivity index (χ3v) is 2.65. The van der Waals surface area contributed by atoms with E-state index in [1.165, 1.54) is 25.7 Å². The standard InChI is InChI=1S/C10H23N5/c1-15(2)8-7-12-10(14-11)13-9-5-3-4-6-9/h9H,3-8,11H2,1-2H3,(H2,12,13,14). The molecule has 0 spiro atoms. The Morgan fingerprint density at radius 1 is 1.40 bits per heavy atom. The lowest BCUT2D eigenvalue weighted by molar-refractivity contribution is 0.419. The van der Waals surface area contributed by atoms with Gasteiger partial charge in [-0.05, 0) is 26.9 Å². The topological polar surface area (TPSA) is 65.7 Å². The Labute approximate surface area is 92.1 Å². The van der Waals surface area contributed by atoms with Crippen LogP contribution in [0.15, 0.2) is 4.99 Å². The minimum absolute atomic E-state index is 0.555. The summed E-state index contributed by atoms with van der Waals surface area (Å²) >= 11 is 0. The average molecular weight is 213 g/mol. The molecule has 5 nitrogen and oxygen atoms in total. The zero-order valence-electron chi connectivity index (χ0n) is 9.79. The summed E-state index contributed by atoms with van der Waals surface area (Å²) in [6.45, 7) is 1.71. The number of aliphatic imine (C=N–C) groups is 1. The molecule has 88 valence electrons. The SMILES string of the molecule is CN(C)CCN=C(NN)NC1CCCC1. The zero-order valence-corrected chi connectivity index (χ0v) is 9.79. The predicted octanol–water partition coefficient (Wildman–Crippen LogP) is -0.100. The van der Waals surface area contributed by atoms with Crippen molar-refractivity contribution in [3.63, 3.8) is 0 Å². The van der Waals surface area contributed by atoms with Crippen molar-refractivity contribution in [1.82, 2.24) is 15.6 Å². The van der Waals surface area contributed by atoms with Gasteiger partial charge >= 0.3 is 0 Å². The van der Waals surface area contributed by atoms with Gasteiger partial charge in [-0.2, -0.15) is 0 Å². The summed E-state index contributed by atoms with van der Waals surface area (Å²) < 4.78 is 0. The number of nitrogens with two attached hydrogens (primary N) is 1. The fourth-order valence-corrected chi connectivity index (χ4v) is 1.76. The molecule has 0 unspecified atom stereocenters. The van der Waals surface area contributed by atoms with Crippen LogP contribution in [0.2, 0.25) is 0 Å². The highest BCUT2D eigenvalue weighted by atomic mass is 15.3. The number of nitrogens with one attached hydrogen (secondary N) is 2. The van der Waals surface area contributed by atoms with Crippen LogP contribution in [0.5, 0.6) is 0 Å². The highest BCUT2D eigenvalue weighted by Gasteiger charge is 2.15. The van der Waals surface area contributed by atoms with Crippen molar-refractivity contribution < 1.29 is 0 Å². The Bertz CT molecular complexity index is 196. The van der Waals surface area contributed by atoms with E-state index in [9.17, 15) is 0 Å². The van der Waals surface area contributed by atoms with E-state index in [2.05, 4.69) is 20.6 Å². The van der Waals surface area contributed by atoms with Gasteiger partial charge in [0.25, 0.3) is 0 Å². The normalized spacial score (nSPS) is 18.5. The van der Waals surface area contributed by atoms with Gasteiger partial charge in [0.2, 0.25) is 5.96 Å². The molecule has 0 saturated heterocycles. The van der Waals surface area contributed by atoms with Crippen LogP contribution >= 0.6 is 0 Å². The molecule has 1 saturated carbocycles. The first-order chi connectivity index (χ1) is 7.22. The summed E-state index contributed by atoms with van der Waals surface area (Å²) in [5, 5.41) is 3.33. The lowest BCUT2D eigenvalue weighted by Gasteiger charge is -2.15. The number of nitrogens with zero attached hydrogens (tertiary/aromatic N) is 2. The van der Waals surface area contributed by atoms with Gasteiger partial charge in [0.1, 0.15) is 0 Å². The van der Waals surface area contributed by atoms with Gasteiger partial charge in [0.05, 0.1) is 6.54 Å². The Kier molecular flexibility index (Phi) is 5.42. The second-order valence-corrected chi connectivity index (χ2v) is 4.30. The first-order valence-electron chi connectivity index (χ1n) is 5.64. The number of hydrogen-bond donors (Lipinski definition) is 3. The Morgan fingerprint density at radius 3 is 2.60 bits per heavy atom. The molecular formula is C10H23N5. The van der Waals surface area contributed by atoms with Crippen molar-refractivity contribution >= 4 is 5.96 Å². The summed E-state index contributed by atoms with van der Waals surface area (Å²) in [6, 6.07) is 0.555. The molecule has 1 fully saturated rings. The number of likely N-dealkylation sites (N-methyl/N-ethyl adjacent to an activating group) is 1. The Balaban J connectivity index is 2.26. The molecule has 4 N–H and O–H groups in total. The van der Waals surface area contributed by atoms with E-state index in [0.29, 0.717) is 6.04 Å². The number of hydrazine groups is 1. The van der Waals surface area contributed by atoms with Gasteiger partial charge in [-0.3, -0.25) is 10.4 Å². The van der Waals surface area contributed by atoms with Crippen molar-refractivity contribution in [2.24, 2.45) is 10.8 Å². The smallest absolute Gasteiger partial charge is 0.205 e. The second kappa shape index (κ2) is 6.63. The fraction of sp³-hybridized carbons (Fsp3) is 0.900.